The van der Waals surface area contributed by atoms with Gasteiger partial charge in [0.25, 0.3) is 0 Å². The first kappa shape index (κ1) is 15.1. The van der Waals surface area contributed by atoms with E-state index >= 15 is 0 Å². The number of nitrogens with zero attached hydrogens (tertiary/aromatic N) is 1. The molecule has 3 rings (SSSR count). The maximum absolute atomic E-state index is 10.6. The van der Waals surface area contributed by atoms with Gasteiger partial charge in [-0.3, -0.25) is 0 Å². The third-order valence-corrected chi connectivity index (χ3v) is 4.92. The normalized spacial score (nSPS) is 20.7. The minimum absolute atomic E-state index is 0.530. The summed E-state index contributed by atoms with van der Waals surface area (Å²) in [5.74, 6) is 0. The van der Waals surface area contributed by atoms with Gasteiger partial charge >= 0.3 is 0 Å². The quantitative estimate of drug-likeness (QED) is 0.846. The molecule has 0 unspecified atom stereocenters. The Morgan fingerprint density at radius 3 is 2.71 bits per heavy atom. The molecule has 2 aliphatic carbocycles. The van der Waals surface area contributed by atoms with Gasteiger partial charge in [0, 0.05) is 36.9 Å². The van der Waals surface area contributed by atoms with Gasteiger partial charge in [-0.15, -0.1) is 0 Å². The van der Waals surface area contributed by atoms with Crippen molar-refractivity contribution in [2.75, 3.05) is 18.5 Å². The Morgan fingerprint density at radius 1 is 1.33 bits per heavy atom. The van der Waals surface area contributed by atoms with Crippen molar-refractivity contribution in [2.45, 2.75) is 56.7 Å². The molecule has 0 radical (unpaired) electrons. The lowest BCUT2D eigenvalue weighted by Crippen LogP contribution is -2.39. The van der Waals surface area contributed by atoms with E-state index in [9.17, 15) is 5.11 Å². The summed E-state index contributed by atoms with van der Waals surface area (Å²) in [7, 11) is 2.06. The van der Waals surface area contributed by atoms with Crippen LogP contribution >= 0.6 is 11.6 Å². The maximum atomic E-state index is 10.6. The molecule has 2 N–H and O–H groups in total. The highest BCUT2D eigenvalue weighted by atomic mass is 35.5. The summed E-state index contributed by atoms with van der Waals surface area (Å²) >= 11 is 6.18. The second kappa shape index (κ2) is 6.15. The molecule has 2 saturated carbocycles. The summed E-state index contributed by atoms with van der Waals surface area (Å²) in [6.45, 7) is 1.56. The molecule has 0 amide bonds. The molecule has 2 aliphatic rings. The first-order chi connectivity index (χ1) is 10.1. The number of benzene rings is 1. The van der Waals surface area contributed by atoms with Crippen LogP contribution in [-0.4, -0.2) is 30.3 Å². The summed E-state index contributed by atoms with van der Waals surface area (Å²) < 4.78 is 0. The standard InChI is InChI=1S/C17H25ClN2O/c1-20(12-17(21)8-2-3-9-17)16-10-14(18)5-4-13(16)11-19-15-6-7-15/h4-5,10,15,19,21H,2-3,6-9,11-12H2,1H3. The van der Waals surface area contributed by atoms with Gasteiger partial charge in [-0.2, -0.15) is 0 Å². The minimum atomic E-state index is -0.530. The largest absolute Gasteiger partial charge is 0.388 e. The number of likely N-dealkylation sites (N-methyl/N-ethyl adjacent to an activating group) is 1. The fraction of sp³-hybridized carbons (Fsp3) is 0.647. The van der Waals surface area contributed by atoms with Gasteiger partial charge in [0.1, 0.15) is 0 Å². The first-order valence-electron chi connectivity index (χ1n) is 8.01. The number of hydrogen-bond acceptors (Lipinski definition) is 3. The number of aliphatic hydroxyl groups is 1. The Labute approximate surface area is 132 Å². The Balaban J connectivity index is 1.72. The molecule has 0 aromatic heterocycles. The second-order valence-corrected chi connectivity index (χ2v) is 7.15. The smallest absolute Gasteiger partial charge is 0.0821 e. The topological polar surface area (TPSA) is 35.5 Å². The van der Waals surface area contributed by atoms with Crippen LogP contribution in [-0.2, 0) is 6.54 Å². The Kier molecular flexibility index (Phi) is 4.43. The van der Waals surface area contributed by atoms with E-state index in [0.29, 0.717) is 12.6 Å². The lowest BCUT2D eigenvalue weighted by Gasteiger charge is -2.31. The number of hydrogen-bond donors (Lipinski definition) is 2. The highest BCUT2D eigenvalue weighted by molar-refractivity contribution is 6.30. The van der Waals surface area contributed by atoms with Crippen LogP contribution in [0.1, 0.15) is 44.1 Å². The highest BCUT2D eigenvalue weighted by Crippen LogP contribution is 2.33. The van der Waals surface area contributed by atoms with Crippen molar-refractivity contribution < 1.29 is 5.11 Å². The van der Waals surface area contributed by atoms with Gasteiger partial charge in [0.15, 0.2) is 0 Å². The monoisotopic (exact) mass is 308 g/mol. The van der Waals surface area contributed by atoms with Gasteiger partial charge in [-0.25, -0.2) is 0 Å². The van der Waals surface area contributed by atoms with Crippen molar-refractivity contribution >= 4 is 17.3 Å². The molecule has 0 heterocycles. The van der Waals surface area contributed by atoms with Gasteiger partial charge in [0.2, 0.25) is 0 Å². The van der Waals surface area contributed by atoms with Gasteiger partial charge in [-0.1, -0.05) is 30.5 Å². The van der Waals surface area contributed by atoms with E-state index in [1.54, 1.807) is 0 Å². The van der Waals surface area contributed by atoms with E-state index in [1.165, 1.54) is 18.4 Å². The van der Waals surface area contributed by atoms with Crippen LogP contribution < -0.4 is 10.2 Å². The lowest BCUT2D eigenvalue weighted by molar-refractivity contribution is 0.0559. The summed E-state index contributed by atoms with van der Waals surface area (Å²) in [6, 6.07) is 6.76. The minimum Gasteiger partial charge on any atom is -0.388 e. The molecule has 0 aliphatic heterocycles. The number of rotatable bonds is 6. The molecule has 0 spiro atoms. The lowest BCUT2D eigenvalue weighted by atomic mass is 10.0. The highest BCUT2D eigenvalue weighted by Gasteiger charge is 2.32. The van der Waals surface area contributed by atoms with Gasteiger partial charge < -0.3 is 15.3 Å². The van der Waals surface area contributed by atoms with Crippen LogP contribution in [0.5, 0.6) is 0 Å². The molecule has 1 aromatic rings. The van der Waals surface area contributed by atoms with Crippen molar-refractivity contribution in [1.29, 1.82) is 0 Å². The predicted molar refractivity (Wildman–Crippen MR) is 88.0 cm³/mol. The summed E-state index contributed by atoms with van der Waals surface area (Å²) in [4.78, 5) is 2.17. The molecule has 1 aromatic carbocycles. The molecular formula is C17H25ClN2O. The Hall–Kier alpha value is -0.770. The predicted octanol–water partition coefficient (Wildman–Crippen LogP) is 3.33. The van der Waals surface area contributed by atoms with Crippen molar-refractivity contribution in [1.82, 2.24) is 5.32 Å². The van der Waals surface area contributed by atoms with Crippen molar-refractivity contribution in [3.63, 3.8) is 0 Å². The third kappa shape index (κ3) is 3.91. The molecule has 3 nitrogen and oxygen atoms in total. The molecule has 116 valence electrons. The maximum Gasteiger partial charge on any atom is 0.0821 e. The van der Waals surface area contributed by atoms with E-state index in [4.69, 9.17) is 11.6 Å². The van der Waals surface area contributed by atoms with Gasteiger partial charge in [-0.05, 0) is 43.4 Å². The van der Waals surface area contributed by atoms with E-state index in [2.05, 4.69) is 23.3 Å². The number of anilines is 1. The zero-order chi connectivity index (χ0) is 14.9. The van der Waals surface area contributed by atoms with E-state index < -0.39 is 5.60 Å². The summed E-state index contributed by atoms with van der Waals surface area (Å²) in [6.07, 6.45) is 6.67. The fourth-order valence-corrected chi connectivity index (χ4v) is 3.47. The molecule has 0 atom stereocenters. The Morgan fingerprint density at radius 2 is 2.05 bits per heavy atom. The fourth-order valence-electron chi connectivity index (χ4n) is 3.30. The number of nitrogens with one attached hydrogen (secondary N) is 1. The average Bonchev–Trinajstić information content (AvgIpc) is 3.18. The van der Waals surface area contributed by atoms with Crippen LogP contribution in [0, 0.1) is 0 Å². The van der Waals surface area contributed by atoms with Crippen LogP contribution in [0.25, 0.3) is 0 Å². The SMILES string of the molecule is CN(CC1(O)CCCC1)c1cc(Cl)ccc1CNC1CC1. The molecule has 0 saturated heterocycles. The second-order valence-electron chi connectivity index (χ2n) is 6.72. The van der Waals surface area contributed by atoms with E-state index in [-0.39, 0.29) is 0 Å². The number of halogens is 1. The van der Waals surface area contributed by atoms with Crippen molar-refractivity contribution in [3.8, 4) is 0 Å². The van der Waals surface area contributed by atoms with Crippen LogP contribution in [0.2, 0.25) is 5.02 Å². The summed E-state index contributed by atoms with van der Waals surface area (Å²) in [5.41, 5.74) is 1.87. The third-order valence-electron chi connectivity index (χ3n) is 4.68. The van der Waals surface area contributed by atoms with Crippen LogP contribution in [0.3, 0.4) is 0 Å². The molecule has 0 bridgehead atoms. The Bertz CT molecular complexity index is 496. The molecule has 21 heavy (non-hydrogen) atoms. The zero-order valence-electron chi connectivity index (χ0n) is 12.7. The van der Waals surface area contributed by atoms with Crippen LogP contribution in [0.15, 0.2) is 18.2 Å². The summed E-state index contributed by atoms with van der Waals surface area (Å²) in [5, 5.41) is 14.9. The molecule has 2 fully saturated rings. The van der Waals surface area contributed by atoms with E-state index in [0.717, 1.165) is 42.9 Å². The van der Waals surface area contributed by atoms with Crippen LogP contribution in [0.4, 0.5) is 5.69 Å². The average molecular weight is 309 g/mol. The first-order valence-corrected chi connectivity index (χ1v) is 8.39. The molecule has 4 heteroatoms. The zero-order valence-corrected chi connectivity index (χ0v) is 13.5. The van der Waals surface area contributed by atoms with Crippen molar-refractivity contribution in [3.05, 3.63) is 28.8 Å². The van der Waals surface area contributed by atoms with E-state index in [1.807, 2.05) is 12.1 Å². The molecular weight excluding hydrogens is 284 g/mol. The van der Waals surface area contributed by atoms with Crippen molar-refractivity contribution in [2.24, 2.45) is 0 Å². The van der Waals surface area contributed by atoms with Gasteiger partial charge in [0.05, 0.1) is 5.60 Å².